The molecule has 0 heterocycles. The molecule has 0 aliphatic rings. The number of carbonyl (C=O) groups excluding carboxylic acids is 3. The molecule has 0 aromatic heterocycles. The molecule has 49 heavy (non-hydrogen) atoms. The second kappa shape index (κ2) is 37.7. The molecule has 6 heteroatoms. The monoisotopic (exact) mass is 695 g/mol. The zero-order valence-corrected chi connectivity index (χ0v) is 33.1. The average Bonchev–Trinajstić information content (AvgIpc) is 3.10. The molecule has 0 radical (unpaired) electrons. The Kier molecular flexibility index (Phi) is 36.4. The summed E-state index contributed by atoms with van der Waals surface area (Å²) in [6, 6.07) is 0. The lowest BCUT2D eigenvalue weighted by Gasteiger charge is -2.18. The number of rotatable bonds is 38. The molecule has 0 aromatic rings. The van der Waals surface area contributed by atoms with E-state index >= 15 is 0 Å². The van der Waals surface area contributed by atoms with E-state index in [-0.39, 0.29) is 31.1 Å². The summed E-state index contributed by atoms with van der Waals surface area (Å²) in [7, 11) is 0. The summed E-state index contributed by atoms with van der Waals surface area (Å²) in [5, 5.41) is 0. The van der Waals surface area contributed by atoms with Gasteiger partial charge in [0, 0.05) is 19.3 Å². The zero-order chi connectivity index (χ0) is 36.0. The molecule has 0 aliphatic heterocycles. The second-order valence-corrected chi connectivity index (χ2v) is 14.9. The molecule has 1 unspecified atom stereocenters. The molecule has 0 bridgehead atoms. The molecule has 0 rings (SSSR count). The third kappa shape index (κ3) is 36.0. The van der Waals surface area contributed by atoms with Crippen molar-refractivity contribution in [2.75, 3.05) is 13.2 Å². The first-order valence-corrected chi connectivity index (χ1v) is 21.4. The smallest absolute Gasteiger partial charge is 0.306 e. The summed E-state index contributed by atoms with van der Waals surface area (Å²) in [6.07, 6.45) is 35.2. The van der Waals surface area contributed by atoms with Crippen molar-refractivity contribution in [2.45, 2.75) is 239 Å². The highest BCUT2D eigenvalue weighted by atomic mass is 16.6. The van der Waals surface area contributed by atoms with Crippen LogP contribution < -0.4 is 0 Å². The van der Waals surface area contributed by atoms with E-state index in [1.807, 2.05) is 0 Å². The summed E-state index contributed by atoms with van der Waals surface area (Å²) in [4.78, 5) is 37.5. The molecule has 2 atom stereocenters. The van der Waals surface area contributed by atoms with Crippen LogP contribution >= 0.6 is 0 Å². The number of unbranched alkanes of at least 4 members (excludes halogenated alkanes) is 24. The Balaban J connectivity index is 4.28. The van der Waals surface area contributed by atoms with Gasteiger partial charge in [0.2, 0.25) is 0 Å². The molecule has 0 N–H and O–H groups in total. The maximum atomic E-state index is 12.6. The third-order valence-corrected chi connectivity index (χ3v) is 9.90. The van der Waals surface area contributed by atoms with Crippen LogP contribution in [0.25, 0.3) is 0 Å². The molecule has 0 amide bonds. The fourth-order valence-corrected chi connectivity index (χ4v) is 6.24. The number of hydrogen-bond donors (Lipinski definition) is 0. The van der Waals surface area contributed by atoms with Gasteiger partial charge in [-0.15, -0.1) is 0 Å². The summed E-state index contributed by atoms with van der Waals surface area (Å²) >= 11 is 0. The highest BCUT2D eigenvalue weighted by Crippen LogP contribution is 2.16. The van der Waals surface area contributed by atoms with Crippen LogP contribution in [-0.4, -0.2) is 37.2 Å². The summed E-state index contributed by atoms with van der Waals surface area (Å²) in [5.41, 5.74) is 0. The van der Waals surface area contributed by atoms with Crippen LogP contribution in [0, 0.1) is 5.92 Å². The largest absolute Gasteiger partial charge is 0.462 e. The molecule has 0 aliphatic carbocycles. The highest BCUT2D eigenvalue weighted by molar-refractivity contribution is 5.71. The molecule has 0 aromatic carbocycles. The predicted molar refractivity (Wildman–Crippen MR) is 206 cm³/mol. The molecule has 290 valence electrons. The average molecular weight is 695 g/mol. The van der Waals surface area contributed by atoms with Crippen LogP contribution in [0.1, 0.15) is 233 Å². The minimum absolute atomic E-state index is 0.0650. The third-order valence-electron chi connectivity index (χ3n) is 9.90. The summed E-state index contributed by atoms with van der Waals surface area (Å²) < 4.78 is 16.6. The Morgan fingerprint density at radius 2 is 0.714 bits per heavy atom. The van der Waals surface area contributed by atoms with Gasteiger partial charge in [-0.3, -0.25) is 14.4 Å². The summed E-state index contributed by atoms with van der Waals surface area (Å²) in [5.74, 6) is -0.0181. The molecular weight excluding hydrogens is 612 g/mol. The Labute approximate surface area is 304 Å². The van der Waals surface area contributed by atoms with Crippen LogP contribution in [0.15, 0.2) is 0 Å². The number of hydrogen-bond acceptors (Lipinski definition) is 6. The van der Waals surface area contributed by atoms with Gasteiger partial charge < -0.3 is 14.2 Å². The maximum absolute atomic E-state index is 12.6. The first-order chi connectivity index (χ1) is 23.9. The lowest BCUT2D eigenvalue weighted by atomic mass is 9.99. The van der Waals surface area contributed by atoms with E-state index in [1.54, 1.807) is 0 Å². The fourth-order valence-electron chi connectivity index (χ4n) is 6.24. The van der Waals surface area contributed by atoms with Crippen molar-refractivity contribution in [3.05, 3.63) is 0 Å². The van der Waals surface area contributed by atoms with Crippen LogP contribution in [-0.2, 0) is 28.6 Å². The van der Waals surface area contributed by atoms with E-state index in [0.717, 1.165) is 63.7 Å². The van der Waals surface area contributed by atoms with E-state index in [2.05, 4.69) is 27.7 Å². The van der Waals surface area contributed by atoms with Crippen molar-refractivity contribution in [3.8, 4) is 0 Å². The predicted octanol–water partition coefficient (Wildman–Crippen LogP) is 13.2. The fraction of sp³-hybridized carbons (Fsp3) is 0.930. The highest BCUT2D eigenvalue weighted by Gasteiger charge is 2.19. The second-order valence-electron chi connectivity index (χ2n) is 14.9. The minimum Gasteiger partial charge on any atom is -0.462 e. The first-order valence-electron chi connectivity index (χ1n) is 21.4. The van der Waals surface area contributed by atoms with E-state index in [0.29, 0.717) is 19.3 Å². The molecule has 0 saturated heterocycles. The maximum Gasteiger partial charge on any atom is 0.306 e. The van der Waals surface area contributed by atoms with Crippen molar-refractivity contribution >= 4 is 17.9 Å². The van der Waals surface area contributed by atoms with Gasteiger partial charge in [-0.05, 0) is 25.2 Å². The van der Waals surface area contributed by atoms with Gasteiger partial charge >= 0.3 is 17.9 Å². The van der Waals surface area contributed by atoms with Gasteiger partial charge in [0.15, 0.2) is 6.10 Å². The molecule has 0 fully saturated rings. The van der Waals surface area contributed by atoms with Crippen molar-refractivity contribution in [3.63, 3.8) is 0 Å². The number of carbonyl (C=O) groups is 3. The van der Waals surface area contributed by atoms with Gasteiger partial charge in [-0.1, -0.05) is 195 Å². The van der Waals surface area contributed by atoms with Gasteiger partial charge in [-0.25, -0.2) is 0 Å². The minimum atomic E-state index is -0.757. The lowest BCUT2D eigenvalue weighted by molar-refractivity contribution is -0.167. The Morgan fingerprint density at radius 1 is 0.408 bits per heavy atom. The van der Waals surface area contributed by atoms with Crippen molar-refractivity contribution in [1.29, 1.82) is 0 Å². The van der Waals surface area contributed by atoms with E-state index in [4.69, 9.17) is 14.2 Å². The quantitative estimate of drug-likeness (QED) is 0.0364. The van der Waals surface area contributed by atoms with E-state index < -0.39 is 6.10 Å². The van der Waals surface area contributed by atoms with Crippen molar-refractivity contribution < 1.29 is 28.6 Å². The Bertz CT molecular complexity index is 738. The van der Waals surface area contributed by atoms with Crippen molar-refractivity contribution in [2.24, 2.45) is 5.92 Å². The number of esters is 3. The normalized spacial score (nSPS) is 12.5. The molecule has 0 saturated carbocycles. The first kappa shape index (κ1) is 47.4. The Morgan fingerprint density at radius 3 is 1.06 bits per heavy atom. The van der Waals surface area contributed by atoms with Crippen LogP contribution in [0.5, 0.6) is 0 Å². The standard InChI is InChI=1S/C43H82O6/c1-5-8-10-12-14-15-16-17-18-23-26-30-34-41(44)47-37-40(49-43(46)36-32-28-21-13-11-9-6-2)38-48-42(45)35-31-27-24-20-19-22-25-29-33-39(4)7-3/h39-40H,5-38H2,1-4H3/t39?,40-/m1/s1. The summed E-state index contributed by atoms with van der Waals surface area (Å²) in [6.45, 7) is 8.94. The SMILES string of the molecule is CCCCCCCCCCCCCCC(=O)OC[C@H](COC(=O)CCCCCCCCCCC(C)CC)OC(=O)CCCCCCCCC. The van der Waals surface area contributed by atoms with Gasteiger partial charge in [0.25, 0.3) is 0 Å². The lowest BCUT2D eigenvalue weighted by Crippen LogP contribution is -2.30. The van der Waals surface area contributed by atoms with Gasteiger partial charge in [0.05, 0.1) is 0 Å². The van der Waals surface area contributed by atoms with Crippen LogP contribution in [0.2, 0.25) is 0 Å². The van der Waals surface area contributed by atoms with E-state index in [1.165, 1.54) is 128 Å². The Hall–Kier alpha value is -1.59. The molecular formula is C43H82O6. The zero-order valence-electron chi connectivity index (χ0n) is 33.1. The van der Waals surface area contributed by atoms with Gasteiger partial charge in [-0.2, -0.15) is 0 Å². The topological polar surface area (TPSA) is 78.9 Å². The van der Waals surface area contributed by atoms with Crippen LogP contribution in [0.3, 0.4) is 0 Å². The molecule has 0 spiro atoms. The van der Waals surface area contributed by atoms with E-state index in [9.17, 15) is 14.4 Å². The number of ether oxygens (including phenoxy) is 3. The van der Waals surface area contributed by atoms with Crippen LogP contribution in [0.4, 0.5) is 0 Å². The van der Waals surface area contributed by atoms with Crippen molar-refractivity contribution in [1.82, 2.24) is 0 Å². The molecule has 6 nitrogen and oxygen atoms in total. The van der Waals surface area contributed by atoms with Gasteiger partial charge in [0.1, 0.15) is 13.2 Å².